The Labute approximate surface area is 317 Å². The minimum atomic E-state index is -0.968. The number of nitriles is 1. The van der Waals surface area contributed by atoms with E-state index >= 15 is 4.39 Å². The van der Waals surface area contributed by atoms with Crippen molar-refractivity contribution in [2.24, 2.45) is 0 Å². The first-order valence-electron chi connectivity index (χ1n) is 18.0. The molecule has 280 valence electrons. The van der Waals surface area contributed by atoms with Gasteiger partial charge in [-0.2, -0.15) is 19.9 Å². The number of thiophene rings is 1. The Balaban J connectivity index is 1.13. The van der Waals surface area contributed by atoms with E-state index in [0.29, 0.717) is 56.0 Å². The Hall–Kier alpha value is -4.72. The Kier molecular flexibility index (Phi) is 8.22. The zero-order chi connectivity index (χ0) is 37.7. The van der Waals surface area contributed by atoms with Crippen molar-refractivity contribution < 1.29 is 22.7 Å². The lowest BCUT2D eigenvalue weighted by molar-refractivity contribution is 0.0399. The summed E-state index contributed by atoms with van der Waals surface area (Å²) < 4.78 is 54.5. The second-order valence-electron chi connectivity index (χ2n) is 15.2. The predicted octanol–water partition coefficient (Wildman–Crippen LogP) is 6.89. The molecule has 4 aliphatic heterocycles. The molecule has 5 aromatic rings. The van der Waals surface area contributed by atoms with Crippen molar-refractivity contribution in [3.63, 3.8) is 0 Å². The highest BCUT2D eigenvalue weighted by atomic mass is 35.5. The number of carbonyl (C=O) groups is 1. The van der Waals surface area contributed by atoms with Gasteiger partial charge >= 0.3 is 12.0 Å². The van der Waals surface area contributed by atoms with Crippen LogP contribution in [0, 0.1) is 23.0 Å². The van der Waals surface area contributed by atoms with Crippen LogP contribution in [-0.4, -0.2) is 97.1 Å². The molecule has 9 rings (SSSR count). The molecular formula is C37H36ClF3N10O2S. The maximum atomic E-state index is 17.2. The van der Waals surface area contributed by atoms with Crippen molar-refractivity contribution in [1.82, 2.24) is 34.5 Å². The number of rotatable bonds is 6. The minimum Gasteiger partial charge on any atom is -0.461 e. The summed E-state index contributed by atoms with van der Waals surface area (Å²) >= 11 is 7.82. The summed E-state index contributed by atoms with van der Waals surface area (Å²) in [7, 11) is 0. The largest absolute Gasteiger partial charge is 0.461 e. The molecule has 1 spiro atoms. The van der Waals surface area contributed by atoms with Crippen LogP contribution in [0.4, 0.5) is 28.8 Å². The molecule has 0 saturated carbocycles. The van der Waals surface area contributed by atoms with E-state index < -0.39 is 28.9 Å². The molecule has 2 N–H and O–H groups in total. The maximum Gasteiger partial charge on any atom is 0.346 e. The van der Waals surface area contributed by atoms with Crippen LogP contribution < -0.4 is 15.4 Å². The lowest BCUT2D eigenvalue weighted by Gasteiger charge is -2.50. The van der Waals surface area contributed by atoms with Crippen molar-refractivity contribution in [2.75, 3.05) is 50.0 Å². The van der Waals surface area contributed by atoms with Crippen molar-refractivity contribution in [2.45, 2.75) is 69.1 Å². The summed E-state index contributed by atoms with van der Waals surface area (Å²) in [6.07, 6.45) is 3.86. The highest BCUT2D eigenvalue weighted by molar-refractivity contribution is 7.23. The van der Waals surface area contributed by atoms with Gasteiger partial charge in [0.15, 0.2) is 11.6 Å². The van der Waals surface area contributed by atoms with Gasteiger partial charge in [-0.15, -0.1) is 16.4 Å². The number of carbonyl (C=O) groups excluding carboxylic acids is 1. The minimum absolute atomic E-state index is 0.00187. The fourth-order valence-electron chi connectivity index (χ4n) is 8.93. The summed E-state index contributed by atoms with van der Waals surface area (Å²) in [6.45, 7) is 6.59. The maximum absolute atomic E-state index is 17.2. The molecule has 4 saturated heterocycles. The third kappa shape index (κ3) is 5.30. The summed E-state index contributed by atoms with van der Waals surface area (Å²) in [6, 6.07) is 5.83. The van der Waals surface area contributed by atoms with E-state index in [0.717, 1.165) is 37.1 Å². The SMILES string of the molecule is CC(C)c1ncn(C(=O)N2CCC23CCN(c2nc(OC[C@@]45CCCN4C[C@H](F)C5)nc4c(F)c(-c5ccc(F)c6sc(N)c(C#N)c56)c(Cl)cc24)C3)n1. The van der Waals surface area contributed by atoms with Gasteiger partial charge < -0.3 is 20.3 Å². The van der Waals surface area contributed by atoms with E-state index in [2.05, 4.69) is 20.0 Å². The summed E-state index contributed by atoms with van der Waals surface area (Å²) in [5.74, 6) is -0.381. The molecular weight excluding hydrogens is 741 g/mol. The number of hydrogen-bond donors (Lipinski definition) is 1. The van der Waals surface area contributed by atoms with Crippen LogP contribution in [-0.2, 0) is 0 Å². The van der Waals surface area contributed by atoms with Crippen LogP contribution in [0.1, 0.15) is 63.3 Å². The molecule has 1 amide bonds. The van der Waals surface area contributed by atoms with Crippen molar-refractivity contribution >= 4 is 60.8 Å². The number of amides is 1. The number of ether oxygens (including phenoxy) is 1. The number of nitrogen functional groups attached to an aromatic ring is 1. The third-order valence-corrected chi connectivity index (χ3v) is 13.1. The van der Waals surface area contributed by atoms with Crippen LogP contribution in [0.3, 0.4) is 0 Å². The summed E-state index contributed by atoms with van der Waals surface area (Å²) in [4.78, 5) is 33.3. The molecule has 7 heterocycles. The van der Waals surface area contributed by atoms with Gasteiger partial charge in [-0.05, 0) is 49.9 Å². The summed E-state index contributed by atoms with van der Waals surface area (Å²) in [5.41, 5.74) is 5.15. The van der Waals surface area contributed by atoms with Gasteiger partial charge in [-0.25, -0.2) is 22.9 Å². The molecule has 54 heavy (non-hydrogen) atoms. The van der Waals surface area contributed by atoms with Crippen LogP contribution >= 0.6 is 22.9 Å². The highest BCUT2D eigenvalue weighted by Crippen LogP contribution is 2.48. The number of hydrogen-bond acceptors (Lipinski definition) is 11. The van der Waals surface area contributed by atoms with Gasteiger partial charge in [0.05, 0.1) is 26.4 Å². The number of anilines is 2. The Morgan fingerprint density at radius 2 is 2.02 bits per heavy atom. The summed E-state index contributed by atoms with van der Waals surface area (Å²) in [5, 5.41) is 14.9. The van der Waals surface area contributed by atoms with E-state index in [4.69, 9.17) is 27.1 Å². The van der Waals surface area contributed by atoms with E-state index in [1.54, 1.807) is 11.0 Å². The molecule has 0 aliphatic carbocycles. The fraction of sp³-hybridized carbons (Fsp3) is 0.459. The van der Waals surface area contributed by atoms with Crippen molar-refractivity contribution in [3.8, 4) is 23.2 Å². The number of nitrogens with two attached hydrogens (primary N) is 1. The molecule has 4 fully saturated rings. The van der Waals surface area contributed by atoms with E-state index in [1.807, 2.05) is 24.8 Å². The molecule has 17 heteroatoms. The molecule has 0 bridgehead atoms. The zero-order valence-electron chi connectivity index (χ0n) is 29.6. The van der Waals surface area contributed by atoms with Gasteiger partial charge in [0.25, 0.3) is 0 Å². The highest BCUT2D eigenvalue weighted by Gasteiger charge is 2.53. The first kappa shape index (κ1) is 35.0. The molecule has 3 atom stereocenters. The van der Waals surface area contributed by atoms with Crippen LogP contribution in [0.25, 0.3) is 32.1 Å². The van der Waals surface area contributed by atoms with E-state index in [-0.39, 0.29) is 66.9 Å². The molecule has 3 aromatic heterocycles. The molecule has 0 radical (unpaired) electrons. The Morgan fingerprint density at radius 3 is 2.76 bits per heavy atom. The molecule has 1 unspecified atom stereocenters. The second kappa shape index (κ2) is 12.7. The van der Waals surface area contributed by atoms with Crippen LogP contribution in [0.15, 0.2) is 24.5 Å². The van der Waals surface area contributed by atoms with Crippen molar-refractivity contribution in [3.05, 3.63) is 52.6 Å². The quantitative estimate of drug-likeness (QED) is 0.194. The second-order valence-corrected chi connectivity index (χ2v) is 16.6. The average molecular weight is 777 g/mol. The van der Waals surface area contributed by atoms with E-state index in [1.165, 1.54) is 23.1 Å². The number of aromatic nitrogens is 5. The predicted molar refractivity (Wildman–Crippen MR) is 199 cm³/mol. The number of likely N-dealkylation sites (tertiary alicyclic amines) is 1. The number of alkyl halides is 1. The lowest BCUT2D eigenvalue weighted by Crippen LogP contribution is -2.64. The third-order valence-electron chi connectivity index (χ3n) is 11.7. The monoisotopic (exact) mass is 776 g/mol. The number of fused-ring (bicyclic) bond motifs is 3. The lowest BCUT2D eigenvalue weighted by atomic mass is 9.84. The number of halogens is 4. The van der Waals surface area contributed by atoms with E-state index in [9.17, 15) is 18.8 Å². The molecule has 12 nitrogen and oxygen atoms in total. The van der Waals surface area contributed by atoms with Crippen LogP contribution in [0.2, 0.25) is 5.02 Å². The average Bonchev–Trinajstić information content (AvgIpc) is 3.96. The Bertz CT molecular complexity index is 2420. The van der Waals surface area contributed by atoms with Gasteiger partial charge in [-0.1, -0.05) is 31.5 Å². The number of benzene rings is 2. The molecule has 4 aliphatic rings. The molecule has 2 aromatic carbocycles. The van der Waals surface area contributed by atoms with Gasteiger partial charge in [0.1, 0.15) is 47.3 Å². The van der Waals surface area contributed by atoms with Gasteiger partial charge in [0, 0.05) is 54.9 Å². The Morgan fingerprint density at radius 1 is 1.20 bits per heavy atom. The standard InChI is InChI=1S/C37H36ClF3N10O2S/c1-19(2)32-44-18-51(47-32)35(52)50-11-8-36(50)7-10-48(16-36)33-22-12-24(38)27(21-4-5-25(40)30-26(21)23(14-42)31(43)54-30)28(41)29(22)45-34(46-33)53-17-37-6-3-9-49(37)15-20(39)13-37/h4-5,12,18-20H,3,6-11,13,15-17,43H2,1-2H3/t20-,36?,37+/m1/s1. The van der Waals surface area contributed by atoms with Crippen LogP contribution in [0.5, 0.6) is 6.01 Å². The topological polar surface area (TPSA) is 142 Å². The van der Waals surface area contributed by atoms with Gasteiger partial charge in [-0.3, -0.25) is 4.90 Å². The van der Waals surface area contributed by atoms with Gasteiger partial charge in [0.2, 0.25) is 0 Å². The van der Waals surface area contributed by atoms with Crippen molar-refractivity contribution in [1.29, 1.82) is 5.26 Å². The fourth-order valence-corrected chi connectivity index (χ4v) is 10.2. The number of nitrogens with zero attached hydrogens (tertiary/aromatic N) is 9. The zero-order valence-corrected chi connectivity index (χ0v) is 31.2. The normalized spacial score (nSPS) is 23.9. The smallest absolute Gasteiger partial charge is 0.346 e. The first-order valence-corrected chi connectivity index (χ1v) is 19.2. The first-order chi connectivity index (χ1) is 25.9.